The van der Waals surface area contributed by atoms with E-state index < -0.39 is 35.4 Å². The van der Waals surface area contributed by atoms with Crippen molar-refractivity contribution in [2.45, 2.75) is 46.5 Å². The van der Waals surface area contributed by atoms with Crippen LogP contribution in [0.5, 0.6) is 0 Å². The third-order valence-electron chi connectivity index (χ3n) is 4.31. The third kappa shape index (κ3) is 4.67. The molecule has 0 saturated carbocycles. The highest BCUT2D eigenvalue weighted by Gasteiger charge is 2.35. The number of alkyl halides is 3. The Bertz CT molecular complexity index is 907. The quantitative estimate of drug-likeness (QED) is 0.699. The molecule has 1 N–H and O–H groups in total. The number of aryl methyl sites for hydroxylation is 1. The molecule has 0 saturated heterocycles. The molecule has 5 nitrogen and oxygen atoms in total. The lowest BCUT2D eigenvalue weighted by Gasteiger charge is -2.17. The maximum absolute atomic E-state index is 13.1. The number of nitrogens with zero attached hydrogens (tertiary/aromatic N) is 1. The molecule has 1 aromatic carbocycles. The fourth-order valence-electron chi connectivity index (χ4n) is 2.87. The van der Waals surface area contributed by atoms with E-state index in [-0.39, 0.29) is 5.02 Å². The molecule has 1 heterocycles. The largest absolute Gasteiger partial charge is 0.449 e. The van der Waals surface area contributed by atoms with E-state index in [4.69, 9.17) is 16.3 Å². The van der Waals surface area contributed by atoms with Crippen LogP contribution in [0.2, 0.25) is 5.02 Å². The molecule has 0 unspecified atom stereocenters. The molecule has 152 valence electrons. The van der Waals surface area contributed by atoms with Crippen molar-refractivity contribution in [3.05, 3.63) is 51.8 Å². The van der Waals surface area contributed by atoms with Gasteiger partial charge in [-0.2, -0.15) is 13.2 Å². The van der Waals surface area contributed by atoms with E-state index >= 15 is 0 Å². The molecule has 1 amide bonds. The summed E-state index contributed by atoms with van der Waals surface area (Å²) in [6.07, 6.45) is -6.00. The molecule has 9 heteroatoms. The van der Waals surface area contributed by atoms with Gasteiger partial charge < -0.3 is 14.6 Å². The van der Waals surface area contributed by atoms with Gasteiger partial charge in [0.1, 0.15) is 0 Å². The minimum absolute atomic E-state index is 0.115. The summed E-state index contributed by atoms with van der Waals surface area (Å²) < 4.78 is 46.4. The van der Waals surface area contributed by atoms with Crippen molar-refractivity contribution in [2.24, 2.45) is 0 Å². The van der Waals surface area contributed by atoms with Gasteiger partial charge in [-0.3, -0.25) is 4.79 Å². The van der Waals surface area contributed by atoms with Crippen LogP contribution < -0.4 is 5.32 Å². The Kier molecular flexibility index (Phi) is 6.44. The second-order valence-electron chi connectivity index (χ2n) is 6.25. The second-order valence-corrected chi connectivity index (χ2v) is 6.69. The molecule has 0 aliphatic carbocycles. The summed E-state index contributed by atoms with van der Waals surface area (Å²) in [7, 11) is 0. The number of anilines is 1. The monoisotopic (exact) mass is 416 g/mol. The first-order chi connectivity index (χ1) is 13.0. The molecule has 0 bridgehead atoms. The minimum Gasteiger partial charge on any atom is -0.449 e. The SMILES string of the molecule is CCn1c(C)cc(C(=O)O[C@H](C)C(=O)Nc2ccc(Cl)cc2C(F)(F)F)c1C. The zero-order chi connectivity index (χ0) is 21.2. The maximum atomic E-state index is 13.1. The van der Waals surface area contributed by atoms with Gasteiger partial charge in [-0.25, -0.2) is 4.79 Å². The lowest BCUT2D eigenvalue weighted by Crippen LogP contribution is -2.31. The first-order valence-electron chi connectivity index (χ1n) is 8.51. The Morgan fingerprint density at radius 1 is 1.25 bits per heavy atom. The van der Waals surface area contributed by atoms with Gasteiger partial charge in [0.05, 0.1) is 16.8 Å². The first kappa shape index (κ1) is 21.8. The Balaban J connectivity index is 2.15. The van der Waals surface area contributed by atoms with Gasteiger partial charge in [0.25, 0.3) is 5.91 Å². The number of nitrogens with one attached hydrogen (secondary N) is 1. The van der Waals surface area contributed by atoms with E-state index in [2.05, 4.69) is 5.32 Å². The Morgan fingerprint density at radius 2 is 1.89 bits per heavy atom. The number of carbonyl (C=O) groups is 2. The van der Waals surface area contributed by atoms with E-state index in [9.17, 15) is 22.8 Å². The lowest BCUT2D eigenvalue weighted by molar-refractivity contribution is -0.137. The molecule has 0 aliphatic rings. The topological polar surface area (TPSA) is 60.3 Å². The van der Waals surface area contributed by atoms with Crippen LogP contribution in [-0.4, -0.2) is 22.5 Å². The number of rotatable bonds is 5. The Labute approximate surface area is 165 Å². The second kappa shape index (κ2) is 8.26. The number of halogens is 4. The van der Waals surface area contributed by atoms with Crippen molar-refractivity contribution >= 4 is 29.2 Å². The van der Waals surface area contributed by atoms with Gasteiger partial charge in [0.15, 0.2) is 6.10 Å². The Morgan fingerprint density at radius 3 is 2.43 bits per heavy atom. The van der Waals surface area contributed by atoms with Crippen LogP contribution in [0.25, 0.3) is 0 Å². The highest BCUT2D eigenvalue weighted by molar-refractivity contribution is 6.30. The van der Waals surface area contributed by atoms with Crippen LogP contribution in [0.15, 0.2) is 24.3 Å². The number of aromatic nitrogens is 1. The smallest absolute Gasteiger partial charge is 0.418 e. The van der Waals surface area contributed by atoms with Gasteiger partial charge in [-0.1, -0.05) is 11.6 Å². The number of ether oxygens (including phenoxy) is 1. The van der Waals surface area contributed by atoms with Crippen LogP contribution in [0, 0.1) is 13.8 Å². The average Bonchev–Trinajstić information content (AvgIpc) is 2.89. The number of amides is 1. The third-order valence-corrected chi connectivity index (χ3v) is 4.54. The Hall–Kier alpha value is -2.48. The maximum Gasteiger partial charge on any atom is 0.418 e. The molecule has 2 rings (SSSR count). The normalized spacial score (nSPS) is 12.6. The molecule has 1 aromatic heterocycles. The van der Waals surface area contributed by atoms with Crippen LogP contribution in [-0.2, 0) is 22.3 Å². The van der Waals surface area contributed by atoms with Crippen molar-refractivity contribution in [1.29, 1.82) is 0 Å². The molecule has 0 radical (unpaired) electrons. The van der Waals surface area contributed by atoms with E-state index in [1.54, 1.807) is 13.0 Å². The molecule has 1 atom stereocenters. The number of carbonyl (C=O) groups excluding carboxylic acids is 2. The van der Waals surface area contributed by atoms with Crippen molar-refractivity contribution < 1.29 is 27.5 Å². The van der Waals surface area contributed by atoms with Crippen molar-refractivity contribution in [1.82, 2.24) is 4.57 Å². The standard InChI is InChI=1S/C19H20ClF3N2O3/c1-5-25-10(2)8-14(11(25)3)18(27)28-12(4)17(26)24-16-7-6-13(20)9-15(16)19(21,22)23/h6-9,12H,5H2,1-4H3,(H,24,26)/t12-/m1/s1. The van der Waals surface area contributed by atoms with E-state index in [0.717, 1.165) is 11.8 Å². The number of hydrogen-bond donors (Lipinski definition) is 1. The summed E-state index contributed by atoms with van der Waals surface area (Å²) in [4.78, 5) is 24.6. The molecule has 0 fully saturated rings. The van der Waals surface area contributed by atoms with E-state index in [0.29, 0.717) is 23.9 Å². The van der Waals surface area contributed by atoms with Crippen molar-refractivity contribution in [3.8, 4) is 0 Å². The number of esters is 1. The highest BCUT2D eigenvalue weighted by Crippen LogP contribution is 2.36. The lowest BCUT2D eigenvalue weighted by atomic mass is 10.1. The molecule has 0 spiro atoms. The predicted octanol–water partition coefficient (Wildman–Crippen LogP) is 4.98. The summed E-state index contributed by atoms with van der Waals surface area (Å²) in [5, 5.41) is 2.03. The van der Waals surface area contributed by atoms with E-state index in [1.807, 2.05) is 18.4 Å². The number of benzene rings is 1. The first-order valence-corrected chi connectivity index (χ1v) is 8.88. The average molecular weight is 417 g/mol. The van der Waals surface area contributed by atoms with Crippen molar-refractivity contribution in [2.75, 3.05) is 5.32 Å². The zero-order valence-corrected chi connectivity index (χ0v) is 16.5. The van der Waals surface area contributed by atoms with Crippen LogP contribution in [0.3, 0.4) is 0 Å². The van der Waals surface area contributed by atoms with Crippen molar-refractivity contribution in [3.63, 3.8) is 0 Å². The summed E-state index contributed by atoms with van der Waals surface area (Å²) >= 11 is 5.62. The molecule has 28 heavy (non-hydrogen) atoms. The van der Waals surface area contributed by atoms with Gasteiger partial charge >= 0.3 is 12.1 Å². The molecular formula is C19H20ClF3N2O3. The van der Waals surface area contributed by atoms with Gasteiger partial charge in [0.2, 0.25) is 0 Å². The van der Waals surface area contributed by atoms with Crippen LogP contribution >= 0.6 is 11.6 Å². The zero-order valence-electron chi connectivity index (χ0n) is 15.8. The van der Waals surface area contributed by atoms with Gasteiger partial charge in [-0.05, 0) is 52.0 Å². The van der Waals surface area contributed by atoms with E-state index in [1.165, 1.54) is 13.0 Å². The van der Waals surface area contributed by atoms with Crippen LogP contribution in [0.4, 0.5) is 18.9 Å². The number of hydrogen-bond acceptors (Lipinski definition) is 3. The summed E-state index contributed by atoms with van der Waals surface area (Å²) in [6, 6.07) is 4.63. The minimum atomic E-state index is -4.70. The fourth-order valence-corrected chi connectivity index (χ4v) is 3.04. The predicted molar refractivity (Wildman–Crippen MR) is 99.5 cm³/mol. The van der Waals surface area contributed by atoms with Gasteiger partial charge in [-0.15, -0.1) is 0 Å². The van der Waals surface area contributed by atoms with Gasteiger partial charge in [0, 0.05) is 23.0 Å². The molecule has 2 aromatic rings. The van der Waals surface area contributed by atoms with Crippen LogP contribution in [0.1, 0.15) is 41.2 Å². The summed E-state index contributed by atoms with van der Waals surface area (Å²) in [5.41, 5.74) is 0.309. The summed E-state index contributed by atoms with van der Waals surface area (Å²) in [6.45, 7) is 7.46. The molecule has 0 aliphatic heterocycles. The summed E-state index contributed by atoms with van der Waals surface area (Å²) in [5.74, 6) is -1.60. The fraction of sp³-hybridized carbons (Fsp3) is 0.368. The highest BCUT2D eigenvalue weighted by atomic mass is 35.5. The molecular weight excluding hydrogens is 397 g/mol.